The molecule has 0 saturated carbocycles. The summed E-state index contributed by atoms with van der Waals surface area (Å²) in [7, 11) is 0. The van der Waals surface area contributed by atoms with Gasteiger partial charge in [-0.3, -0.25) is 4.79 Å². The second-order valence-electron chi connectivity index (χ2n) is 5.99. The van der Waals surface area contributed by atoms with Gasteiger partial charge in [-0.1, -0.05) is 6.07 Å². The number of likely N-dealkylation sites (tertiary alicyclic amines) is 1. The van der Waals surface area contributed by atoms with Crippen molar-refractivity contribution in [3.63, 3.8) is 0 Å². The molecule has 2 aliphatic heterocycles. The van der Waals surface area contributed by atoms with E-state index < -0.39 is 0 Å². The van der Waals surface area contributed by atoms with Crippen molar-refractivity contribution in [3.8, 4) is 11.5 Å². The molecule has 1 amide bonds. The zero-order valence-electron chi connectivity index (χ0n) is 13.4. The van der Waals surface area contributed by atoms with Crippen molar-refractivity contribution in [2.45, 2.75) is 25.7 Å². The van der Waals surface area contributed by atoms with Gasteiger partial charge in [0.05, 0.1) is 0 Å². The number of rotatable bonds is 7. The van der Waals surface area contributed by atoms with Gasteiger partial charge in [0, 0.05) is 12.6 Å². The number of nitrogens with one attached hydrogen (secondary N) is 1. The summed E-state index contributed by atoms with van der Waals surface area (Å²) in [6.45, 7) is 4.64. The molecule has 1 saturated heterocycles. The van der Waals surface area contributed by atoms with Crippen LogP contribution in [0, 0.1) is 0 Å². The summed E-state index contributed by atoms with van der Waals surface area (Å²) in [6.07, 6.45) is 8.20. The van der Waals surface area contributed by atoms with Crippen LogP contribution in [0.4, 0.5) is 0 Å². The molecule has 124 valence electrons. The normalized spacial score (nSPS) is 17.0. The number of amides is 1. The van der Waals surface area contributed by atoms with Crippen LogP contribution in [0.25, 0.3) is 6.08 Å². The Bertz CT molecular complexity index is 565. The maximum Gasteiger partial charge on any atom is 0.243 e. The number of benzene rings is 1. The minimum absolute atomic E-state index is 0.0520. The van der Waals surface area contributed by atoms with Gasteiger partial charge in [0.25, 0.3) is 0 Å². The van der Waals surface area contributed by atoms with Crippen molar-refractivity contribution in [1.29, 1.82) is 0 Å². The van der Waals surface area contributed by atoms with Crippen molar-refractivity contribution in [2.24, 2.45) is 0 Å². The Labute approximate surface area is 137 Å². The van der Waals surface area contributed by atoms with E-state index in [4.69, 9.17) is 9.47 Å². The lowest BCUT2D eigenvalue weighted by Crippen LogP contribution is -2.24. The number of fused-ring (bicyclic) bond motifs is 1. The first-order valence-corrected chi connectivity index (χ1v) is 8.39. The van der Waals surface area contributed by atoms with E-state index in [-0.39, 0.29) is 12.7 Å². The van der Waals surface area contributed by atoms with Gasteiger partial charge in [0.15, 0.2) is 11.5 Å². The third-order valence-corrected chi connectivity index (χ3v) is 4.22. The first-order chi connectivity index (χ1) is 11.3. The van der Waals surface area contributed by atoms with Crippen molar-refractivity contribution >= 4 is 12.0 Å². The topological polar surface area (TPSA) is 50.8 Å². The number of nitrogens with zero attached hydrogens (tertiary/aromatic N) is 1. The van der Waals surface area contributed by atoms with Gasteiger partial charge < -0.3 is 19.7 Å². The first kappa shape index (κ1) is 15.9. The van der Waals surface area contributed by atoms with Crippen LogP contribution in [0.1, 0.15) is 31.2 Å². The fraction of sp³-hybridized carbons (Fsp3) is 0.500. The highest BCUT2D eigenvalue weighted by molar-refractivity contribution is 5.91. The van der Waals surface area contributed by atoms with Crippen LogP contribution in [0.15, 0.2) is 24.3 Å². The second kappa shape index (κ2) is 8.02. The SMILES string of the molecule is O=C(C=Cc1ccc2c(c1)OCO2)NCCCCN1CCCC1. The fourth-order valence-electron chi connectivity index (χ4n) is 2.93. The molecule has 2 aliphatic rings. The molecular formula is C18H24N2O3. The average Bonchev–Trinajstić information content (AvgIpc) is 3.23. The molecule has 5 heteroatoms. The van der Waals surface area contributed by atoms with E-state index in [9.17, 15) is 4.79 Å². The Morgan fingerprint density at radius 1 is 1.17 bits per heavy atom. The van der Waals surface area contributed by atoms with Crippen molar-refractivity contribution in [1.82, 2.24) is 10.2 Å². The highest BCUT2D eigenvalue weighted by Crippen LogP contribution is 2.32. The van der Waals surface area contributed by atoms with Crippen LogP contribution in [0.5, 0.6) is 11.5 Å². The summed E-state index contributed by atoms with van der Waals surface area (Å²) < 4.78 is 10.6. The lowest BCUT2D eigenvalue weighted by atomic mass is 10.2. The molecular weight excluding hydrogens is 292 g/mol. The predicted octanol–water partition coefficient (Wildman–Crippen LogP) is 2.42. The van der Waals surface area contributed by atoms with Crippen molar-refractivity contribution in [2.75, 3.05) is 33.0 Å². The predicted molar refractivity (Wildman–Crippen MR) is 89.5 cm³/mol. The van der Waals surface area contributed by atoms with E-state index in [1.54, 1.807) is 12.2 Å². The minimum atomic E-state index is -0.0520. The molecule has 0 atom stereocenters. The number of hydrogen-bond acceptors (Lipinski definition) is 4. The Morgan fingerprint density at radius 3 is 2.87 bits per heavy atom. The van der Waals surface area contributed by atoms with E-state index in [1.807, 2.05) is 18.2 Å². The largest absolute Gasteiger partial charge is 0.454 e. The minimum Gasteiger partial charge on any atom is -0.454 e. The maximum atomic E-state index is 11.8. The van der Waals surface area contributed by atoms with Crippen LogP contribution < -0.4 is 14.8 Å². The standard InChI is InChI=1S/C18H24N2O3/c21-18(19-9-1-2-10-20-11-3-4-12-20)8-6-15-5-7-16-17(13-15)23-14-22-16/h5-8,13H,1-4,9-12,14H2,(H,19,21). The number of unbranched alkanes of at least 4 members (excludes halogenated alkanes) is 1. The summed E-state index contributed by atoms with van der Waals surface area (Å²) in [5, 5.41) is 2.93. The van der Waals surface area contributed by atoms with Gasteiger partial charge in [-0.25, -0.2) is 0 Å². The zero-order chi connectivity index (χ0) is 15.9. The van der Waals surface area contributed by atoms with Crippen LogP contribution in [-0.4, -0.2) is 43.8 Å². The summed E-state index contributed by atoms with van der Waals surface area (Å²) in [4.78, 5) is 14.3. The van der Waals surface area contributed by atoms with E-state index in [0.717, 1.165) is 43.0 Å². The third-order valence-electron chi connectivity index (χ3n) is 4.22. The molecule has 0 bridgehead atoms. The first-order valence-electron chi connectivity index (χ1n) is 8.39. The summed E-state index contributed by atoms with van der Waals surface area (Å²) in [5.41, 5.74) is 0.929. The van der Waals surface area contributed by atoms with E-state index >= 15 is 0 Å². The highest BCUT2D eigenvalue weighted by Gasteiger charge is 2.12. The monoisotopic (exact) mass is 316 g/mol. The molecule has 5 nitrogen and oxygen atoms in total. The van der Waals surface area contributed by atoms with Crippen LogP contribution in [0.3, 0.4) is 0 Å². The fourth-order valence-corrected chi connectivity index (χ4v) is 2.93. The van der Waals surface area contributed by atoms with Gasteiger partial charge in [-0.05, 0) is 69.1 Å². The maximum absolute atomic E-state index is 11.8. The Hall–Kier alpha value is -2.01. The van der Waals surface area contributed by atoms with Gasteiger partial charge in [-0.2, -0.15) is 0 Å². The number of ether oxygens (including phenoxy) is 2. The Kier molecular flexibility index (Phi) is 5.53. The van der Waals surface area contributed by atoms with Gasteiger partial charge in [0.2, 0.25) is 12.7 Å². The summed E-state index contributed by atoms with van der Waals surface area (Å²) in [6, 6.07) is 5.65. The molecule has 23 heavy (non-hydrogen) atoms. The molecule has 1 aromatic rings. The van der Waals surface area contributed by atoms with Crippen LogP contribution in [-0.2, 0) is 4.79 Å². The number of carbonyl (C=O) groups is 1. The van der Waals surface area contributed by atoms with Crippen LogP contribution in [0.2, 0.25) is 0 Å². The summed E-state index contributed by atoms with van der Waals surface area (Å²) in [5.74, 6) is 1.43. The summed E-state index contributed by atoms with van der Waals surface area (Å²) >= 11 is 0. The molecule has 1 aromatic carbocycles. The average molecular weight is 316 g/mol. The van der Waals surface area contributed by atoms with E-state index in [1.165, 1.54) is 25.9 Å². The van der Waals surface area contributed by atoms with E-state index in [2.05, 4.69) is 10.2 Å². The zero-order valence-corrected chi connectivity index (χ0v) is 13.4. The third kappa shape index (κ3) is 4.73. The number of hydrogen-bond donors (Lipinski definition) is 1. The Morgan fingerprint density at radius 2 is 2.00 bits per heavy atom. The van der Waals surface area contributed by atoms with Gasteiger partial charge in [0.1, 0.15) is 0 Å². The van der Waals surface area contributed by atoms with E-state index in [0.29, 0.717) is 0 Å². The van der Waals surface area contributed by atoms with Crippen molar-refractivity contribution < 1.29 is 14.3 Å². The quantitative estimate of drug-likeness (QED) is 0.620. The van der Waals surface area contributed by atoms with Gasteiger partial charge in [-0.15, -0.1) is 0 Å². The molecule has 1 fully saturated rings. The lowest BCUT2D eigenvalue weighted by Gasteiger charge is -2.13. The van der Waals surface area contributed by atoms with Crippen molar-refractivity contribution in [3.05, 3.63) is 29.8 Å². The molecule has 0 spiro atoms. The molecule has 1 N–H and O–H groups in total. The highest BCUT2D eigenvalue weighted by atomic mass is 16.7. The lowest BCUT2D eigenvalue weighted by molar-refractivity contribution is -0.116. The molecule has 0 aromatic heterocycles. The molecule has 2 heterocycles. The Balaban J connectivity index is 1.34. The smallest absolute Gasteiger partial charge is 0.243 e. The number of carbonyl (C=O) groups excluding carboxylic acids is 1. The molecule has 0 aliphatic carbocycles. The van der Waals surface area contributed by atoms with Gasteiger partial charge >= 0.3 is 0 Å². The second-order valence-corrected chi connectivity index (χ2v) is 5.99. The molecule has 0 unspecified atom stereocenters. The molecule has 3 rings (SSSR count). The molecule has 0 radical (unpaired) electrons. The van der Waals surface area contributed by atoms with Crippen LogP contribution >= 0.6 is 0 Å².